The number of anilines is 1. The SMILES string of the molecule is COCCOc1ccc(NC(=O)N(C)CCOc2cc(C)cc(C)c2)cn1. The topological polar surface area (TPSA) is 72.9 Å². The lowest BCUT2D eigenvalue weighted by molar-refractivity contribution is 0.144. The number of likely N-dealkylation sites (N-methyl/N-ethyl adjacent to an activating group) is 1. The predicted molar refractivity (Wildman–Crippen MR) is 105 cm³/mol. The fraction of sp³-hybridized carbons (Fsp3) is 0.400. The number of aromatic nitrogens is 1. The molecule has 1 aromatic carbocycles. The minimum Gasteiger partial charge on any atom is -0.492 e. The number of aryl methyl sites for hydroxylation is 2. The Morgan fingerprint density at radius 3 is 2.44 bits per heavy atom. The minimum absolute atomic E-state index is 0.228. The Hall–Kier alpha value is -2.80. The van der Waals surface area contributed by atoms with E-state index in [0.717, 1.165) is 16.9 Å². The summed E-state index contributed by atoms with van der Waals surface area (Å²) >= 11 is 0. The number of methoxy groups -OCH3 is 1. The van der Waals surface area contributed by atoms with Crippen LogP contribution >= 0.6 is 0 Å². The smallest absolute Gasteiger partial charge is 0.321 e. The maximum atomic E-state index is 12.2. The lowest BCUT2D eigenvalue weighted by Gasteiger charge is -2.18. The standard InChI is InChI=1S/C20H27N3O4/c1-15-11-16(2)13-18(12-15)26-8-7-23(3)20(24)22-17-5-6-19(21-14-17)27-10-9-25-4/h5-6,11-14H,7-10H2,1-4H3,(H,22,24). The molecule has 0 aliphatic rings. The van der Waals surface area contributed by atoms with Gasteiger partial charge in [-0.3, -0.25) is 0 Å². The highest BCUT2D eigenvalue weighted by molar-refractivity contribution is 5.88. The number of pyridine rings is 1. The van der Waals surface area contributed by atoms with Gasteiger partial charge in [-0.25, -0.2) is 9.78 Å². The number of hydrogen-bond acceptors (Lipinski definition) is 5. The van der Waals surface area contributed by atoms with Gasteiger partial charge in [-0.05, 0) is 43.2 Å². The number of urea groups is 1. The van der Waals surface area contributed by atoms with E-state index < -0.39 is 0 Å². The zero-order valence-corrected chi connectivity index (χ0v) is 16.3. The monoisotopic (exact) mass is 373 g/mol. The number of carbonyl (C=O) groups is 1. The summed E-state index contributed by atoms with van der Waals surface area (Å²) < 4.78 is 16.0. The molecule has 27 heavy (non-hydrogen) atoms. The Labute approximate surface area is 160 Å². The number of hydrogen-bond donors (Lipinski definition) is 1. The molecule has 146 valence electrons. The molecule has 7 heteroatoms. The first kappa shape index (κ1) is 20.5. The van der Waals surface area contributed by atoms with Gasteiger partial charge in [0, 0.05) is 20.2 Å². The molecule has 0 atom stereocenters. The van der Waals surface area contributed by atoms with Gasteiger partial charge >= 0.3 is 6.03 Å². The Bertz CT molecular complexity index is 714. The van der Waals surface area contributed by atoms with Crippen molar-refractivity contribution < 1.29 is 19.0 Å². The number of ether oxygens (including phenoxy) is 3. The third kappa shape index (κ3) is 7.15. The molecule has 0 aliphatic heterocycles. The van der Waals surface area contributed by atoms with Crippen molar-refractivity contribution in [2.75, 3.05) is 45.8 Å². The molecule has 2 rings (SSSR count). The van der Waals surface area contributed by atoms with Crippen molar-refractivity contribution in [3.05, 3.63) is 47.7 Å². The maximum absolute atomic E-state index is 12.2. The van der Waals surface area contributed by atoms with Crippen LogP contribution in [0.4, 0.5) is 10.5 Å². The van der Waals surface area contributed by atoms with Gasteiger partial charge in [0.2, 0.25) is 5.88 Å². The van der Waals surface area contributed by atoms with Crippen LogP contribution in [-0.2, 0) is 4.74 Å². The second kappa shape index (κ2) is 10.4. The lowest BCUT2D eigenvalue weighted by atomic mass is 10.1. The van der Waals surface area contributed by atoms with Crippen molar-refractivity contribution in [3.8, 4) is 11.6 Å². The number of carbonyl (C=O) groups excluding carboxylic acids is 1. The first-order valence-corrected chi connectivity index (χ1v) is 8.79. The molecule has 0 saturated carbocycles. The van der Waals surface area contributed by atoms with Gasteiger partial charge in [-0.15, -0.1) is 0 Å². The molecule has 0 spiro atoms. The van der Waals surface area contributed by atoms with Crippen molar-refractivity contribution in [1.82, 2.24) is 9.88 Å². The maximum Gasteiger partial charge on any atom is 0.321 e. The van der Waals surface area contributed by atoms with E-state index in [9.17, 15) is 4.79 Å². The van der Waals surface area contributed by atoms with Gasteiger partial charge in [0.05, 0.1) is 25.0 Å². The molecule has 1 aromatic heterocycles. The van der Waals surface area contributed by atoms with Crippen LogP contribution in [0.15, 0.2) is 36.5 Å². The van der Waals surface area contributed by atoms with E-state index in [-0.39, 0.29) is 6.03 Å². The van der Waals surface area contributed by atoms with Crippen molar-refractivity contribution in [2.45, 2.75) is 13.8 Å². The highest BCUT2D eigenvalue weighted by atomic mass is 16.5. The van der Waals surface area contributed by atoms with Crippen molar-refractivity contribution >= 4 is 11.7 Å². The zero-order valence-electron chi connectivity index (χ0n) is 16.3. The molecular formula is C20H27N3O4. The van der Waals surface area contributed by atoms with Gasteiger partial charge in [0.15, 0.2) is 0 Å². The first-order valence-electron chi connectivity index (χ1n) is 8.79. The lowest BCUT2D eigenvalue weighted by Crippen LogP contribution is -2.34. The van der Waals surface area contributed by atoms with Crippen LogP contribution in [0.1, 0.15) is 11.1 Å². The minimum atomic E-state index is -0.228. The fourth-order valence-corrected chi connectivity index (χ4v) is 2.41. The van der Waals surface area contributed by atoms with Crippen LogP contribution in [0.5, 0.6) is 11.6 Å². The summed E-state index contributed by atoms with van der Waals surface area (Å²) in [6.07, 6.45) is 1.56. The van der Waals surface area contributed by atoms with Crippen molar-refractivity contribution in [2.24, 2.45) is 0 Å². The molecule has 0 unspecified atom stereocenters. The number of nitrogens with zero attached hydrogens (tertiary/aromatic N) is 2. The highest BCUT2D eigenvalue weighted by Gasteiger charge is 2.09. The summed E-state index contributed by atoms with van der Waals surface area (Å²) in [5.74, 6) is 1.30. The van der Waals surface area contributed by atoms with E-state index in [2.05, 4.69) is 16.4 Å². The Kier molecular flexibility index (Phi) is 7.88. The van der Waals surface area contributed by atoms with E-state index in [1.807, 2.05) is 26.0 Å². The van der Waals surface area contributed by atoms with E-state index in [1.165, 1.54) is 0 Å². The van der Waals surface area contributed by atoms with E-state index in [0.29, 0.717) is 37.9 Å². The van der Waals surface area contributed by atoms with E-state index in [4.69, 9.17) is 14.2 Å². The molecule has 0 bridgehead atoms. The molecule has 1 heterocycles. The van der Waals surface area contributed by atoms with Gasteiger partial charge in [-0.2, -0.15) is 0 Å². The summed E-state index contributed by atoms with van der Waals surface area (Å²) in [4.78, 5) is 17.9. The zero-order chi connectivity index (χ0) is 19.6. The summed E-state index contributed by atoms with van der Waals surface area (Å²) in [7, 11) is 3.33. The van der Waals surface area contributed by atoms with Gasteiger partial charge in [0.1, 0.15) is 19.0 Å². The van der Waals surface area contributed by atoms with Crippen LogP contribution in [0, 0.1) is 13.8 Å². The van der Waals surface area contributed by atoms with Crippen LogP contribution in [-0.4, -0.2) is 56.4 Å². The molecule has 2 aromatic rings. The molecule has 0 saturated heterocycles. The Morgan fingerprint density at radius 2 is 1.81 bits per heavy atom. The summed E-state index contributed by atoms with van der Waals surface area (Å²) in [5.41, 5.74) is 2.90. The van der Waals surface area contributed by atoms with Crippen LogP contribution in [0.2, 0.25) is 0 Å². The Morgan fingerprint density at radius 1 is 1.07 bits per heavy atom. The third-order valence-corrected chi connectivity index (χ3v) is 3.76. The van der Waals surface area contributed by atoms with Gasteiger partial charge < -0.3 is 24.4 Å². The number of benzene rings is 1. The molecule has 0 fully saturated rings. The summed E-state index contributed by atoms with van der Waals surface area (Å²) in [6.45, 7) is 5.86. The molecule has 1 N–H and O–H groups in total. The van der Waals surface area contributed by atoms with Crippen molar-refractivity contribution in [3.63, 3.8) is 0 Å². The summed E-state index contributed by atoms with van der Waals surface area (Å²) in [6, 6.07) is 9.27. The number of rotatable bonds is 9. The van der Waals surface area contributed by atoms with Crippen LogP contribution in [0.3, 0.4) is 0 Å². The average molecular weight is 373 g/mol. The highest BCUT2D eigenvalue weighted by Crippen LogP contribution is 2.16. The quantitative estimate of drug-likeness (QED) is 0.683. The molecule has 2 amide bonds. The molecule has 0 radical (unpaired) electrons. The van der Waals surface area contributed by atoms with Gasteiger partial charge in [-0.1, -0.05) is 6.07 Å². The Balaban J connectivity index is 1.76. The van der Waals surface area contributed by atoms with Crippen molar-refractivity contribution in [1.29, 1.82) is 0 Å². The normalized spacial score (nSPS) is 10.4. The van der Waals surface area contributed by atoms with Gasteiger partial charge in [0.25, 0.3) is 0 Å². The largest absolute Gasteiger partial charge is 0.492 e. The van der Waals surface area contributed by atoms with E-state index in [1.54, 1.807) is 37.4 Å². The summed E-state index contributed by atoms with van der Waals surface area (Å²) in [5, 5.41) is 2.79. The van der Waals surface area contributed by atoms with Crippen LogP contribution in [0.25, 0.3) is 0 Å². The average Bonchev–Trinajstić information content (AvgIpc) is 2.62. The molecule has 0 aliphatic carbocycles. The van der Waals surface area contributed by atoms with E-state index >= 15 is 0 Å². The predicted octanol–water partition coefficient (Wildman–Crippen LogP) is 3.27. The third-order valence-electron chi connectivity index (χ3n) is 3.76. The fourth-order valence-electron chi connectivity index (χ4n) is 2.41. The first-order chi connectivity index (χ1) is 13.0. The second-order valence-corrected chi connectivity index (χ2v) is 6.25. The van der Waals surface area contributed by atoms with Crippen LogP contribution < -0.4 is 14.8 Å². The number of amides is 2. The molecular weight excluding hydrogens is 346 g/mol. The molecule has 7 nitrogen and oxygen atoms in total. The second-order valence-electron chi connectivity index (χ2n) is 6.25. The number of nitrogens with one attached hydrogen (secondary N) is 1.